The Morgan fingerprint density at radius 2 is 2.17 bits per heavy atom. The Kier molecular flexibility index (Phi) is 5.09. The van der Waals surface area contributed by atoms with Crippen LogP contribution < -0.4 is 0 Å². The minimum absolute atomic E-state index is 0.0361. The molecule has 1 aromatic heterocycles. The number of H-pyrrole nitrogens is 1. The van der Waals surface area contributed by atoms with E-state index < -0.39 is 0 Å². The van der Waals surface area contributed by atoms with Gasteiger partial charge in [0.2, 0.25) is 0 Å². The predicted octanol–water partition coefficient (Wildman–Crippen LogP) is 6.09. The van der Waals surface area contributed by atoms with Crippen LogP contribution in [0, 0.1) is 11.7 Å². The number of hydrogen-bond donors (Lipinski definition) is 1. The number of hydrogen-bond acceptors (Lipinski definition) is 1. The van der Waals surface area contributed by atoms with E-state index in [9.17, 15) is 4.39 Å². The fourth-order valence-electron chi connectivity index (χ4n) is 3.85. The van der Waals surface area contributed by atoms with E-state index in [0.29, 0.717) is 5.92 Å². The minimum atomic E-state index is -0.181. The molecule has 0 fully saturated rings. The van der Waals surface area contributed by atoms with Gasteiger partial charge in [-0.05, 0) is 55.4 Å². The van der Waals surface area contributed by atoms with Crippen LogP contribution >= 0.6 is 0 Å². The second-order valence-corrected chi connectivity index (χ2v) is 7.05. The number of fused-ring (bicyclic) bond motifs is 1. The first-order valence-electron chi connectivity index (χ1n) is 9.19. The smallest absolute Gasteiger partial charge is 0.123 e. The molecule has 0 spiro atoms. The molecule has 1 aliphatic carbocycles. The largest absolute Gasteiger partial charge is 0.374 e. The average Bonchev–Trinajstić information content (AvgIpc) is 3.02. The summed E-state index contributed by atoms with van der Waals surface area (Å²) in [4.78, 5) is 3.26. The van der Waals surface area contributed by atoms with Crippen LogP contribution in [0.1, 0.15) is 58.4 Å². The van der Waals surface area contributed by atoms with Crippen molar-refractivity contribution >= 4 is 16.5 Å². The third kappa shape index (κ3) is 3.14. The van der Waals surface area contributed by atoms with Crippen LogP contribution in [0.3, 0.4) is 0 Å². The summed E-state index contributed by atoms with van der Waals surface area (Å²) in [5.74, 6) is 0.363. The quantitative estimate of drug-likeness (QED) is 0.682. The summed E-state index contributed by atoms with van der Waals surface area (Å²) >= 11 is 0. The first kappa shape index (κ1) is 17.2. The van der Waals surface area contributed by atoms with Crippen molar-refractivity contribution in [1.29, 1.82) is 0 Å². The van der Waals surface area contributed by atoms with Crippen LogP contribution in [0.4, 0.5) is 4.39 Å². The van der Waals surface area contributed by atoms with Crippen molar-refractivity contribution in [2.24, 2.45) is 5.92 Å². The number of allylic oxidation sites excluding steroid dienone is 1. The SMILES string of the molecule is CCCOC1(C(C)CC)CC=C(c2c[nH]c3ccc(F)cc23)CC1. The van der Waals surface area contributed by atoms with Gasteiger partial charge in [0.25, 0.3) is 0 Å². The molecule has 0 aliphatic heterocycles. The van der Waals surface area contributed by atoms with Crippen molar-refractivity contribution in [3.05, 3.63) is 41.9 Å². The van der Waals surface area contributed by atoms with Crippen molar-refractivity contribution in [3.63, 3.8) is 0 Å². The average molecular weight is 329 g/mol. The lowest BCUT2D eigenvalue weighted by atomic mass is 9.75. The van der Waals surface area contributed by atoms with Gasteiger partial charge in [0, 0.05) is 29.3 Å². The molecule has 2 aromatic rings. The molecule has 0 saturated heterocycles. The lowest BCUT2D eigenvalue weighted by molar-refractivity contribution is -0.0885. The minimum Gasteiger partial charge on any atom is -0.374 e. The molecule has 2 atom stereocenters. The molecule has 1 aromatic carbocycles. The molecule has 0 radical (unpaired) electrons. The summed E-state index contributed by atoms with van der Waals surface area (Å²) in [5.41, 5.74) is 3.41. The maximum atomic E-state index is 13.6. The van der Waals surface area contributed by atoms with Crippen molar-refractivity contribution in [2.75, 3.05) is 6.61 Å². The molecule has 0 saturated carbocycles. The third-order valence-corrected chi connectivity index (χ3v) is 5.61. The highest BCUT2D eigenvalue weighted by atomic mass is 19.1. The highest BCUT2D eigenvalue weighted by Crippen LogP contribution is 2.42. The normalized spacial score (nSPS) is 22.6. The molecule has 130 valence electrons. The Bertz CT molecular complexity index is 733. The van der Waals surface area contributed by atoms with Gasteiger partial charge < -0.3 is 9.72 Å². The lowest BCUT2D eigenvalue weighted by Gasteiger charge is -2.41. The van der Waals surface area contributed by atoms with Gasteiger partial charge in [-0.3, -0.25) is 0 Å². The number of benzene rings is 1. The van der Waals surface area contributed by atoms with E-state index in [-0.39, 0.29) is 11.4 Å². The van der Waals surface area contributed by atoms with Crippen LogP contribution in [-0.2, 0) is 4.74 Å². The molecule has 1 aliphatic rings. The van der Waals surface area contributed by atoms with Gasteiger partial charge in [0.05, 0.1) is 5.60 Å². The Hall–Kier alpha value is -1.61. The Balaban J connectivity index is 1.89. The van der Waals surface area contributed by atoms with Crippen molar-refractivity contribution in [2.45, 2.75) is 58.5 Å². The summed E-state index contributed by atoms with van der Waals surface area (Å²) in [6, 6.07) is 4.95. The fraction of sp³-hybridized carbons (Fsp3) is 0.524. The molecule has 1 N–H and O–H groups in total. The third-order valence-electron chi connectivity index (χ3n) is 5.61. The Labute approximate surface area is 144 Å². The zero-order valence-corrected chi connectivity index (χ0v) is 15.0. The number of nitrogens with one attached hydrogen (secondary N) is 1. The van der Waals surface area contributed by atoms with Gasteiger partial charge >= 0.3 is 0 Å². The second kappa shape index (κ2) is 7.10. The first-order valence-corrected chi connectivity index (χ1v) is 9.19. The second-order valence-electron chi connectivity index (χ2n) is 7.05. The van der Waals surface area contributed by atoms with E-state index in [0.717, 1.165) is 55.2 Å². The van der Waals surface area contributed by atoms with Crippen LogP contribution in [0.5, 0.6) is 0 Å². The van der Waals surface area contributed by atoms with E-state index in [4.69, 9.17) is 4.74 Å². The monoisotopic (exact) mass is 329 g/mol. The molecule has 2 unspecified atom stereocenters. The summed E-state index contributed by atoms with van der Waals surface area (Å²) in [6.45, 7) is 7.53. The van der Waals surface area contributed by atoms with Crippen LogP contribution in [0.25, 0.3) is 16.5 Å². The maximum absolute atomic E-state index is 13.6. The molecule has 0 bridgehead atoms. The molecule has 2 nitrogen and oxygen atoms in total. The fourth-order valence-corrected chi connectivity index (χ4v) is 3.85. The molecule has 0 amide bonds. The maximum Gasteiger partial charge on any atom is 0.123 e. The zero-order chi connectivity index (χ0) is 17.2. The van der Waals surface area contributed by atoms with E-state index in [1.165, 1.54) is 11.6 Å². The van der Waals surface area contributed by atoms with Gasteiger partial charge in [-0.1, -0.05) is 33.3 Å². The standard InChI is InChI=1S/C21H28FNO/c1-4-12-24-21(15(3)5-2)10-8-16(9-11-21)19-14-23-20-7-6-17(22)13-18(19)20/h6-8,13-15,23H,4-5,9-12H2,1-3H3. The Morgan fingerprint density at radius 3 is 2.83 bits per heavy atom. The summed E-state index contributed by atoms with van der Waals surface area (Å²) in [5, 5.41) is 0.978. The number of aromatic nitrogens is 1. The van der Waals surface area contributed by atoms with Crippen LogP contribution in [0.2, 0.25) is 0 Å². The summed E-state index contributed by atoms with van der Waals surface area (Å²) < 4.78 is 20.0. The molecular formula is C21H28FNO. The number of halogens is 1. The molecule has 3 heteroatoms. The summed E-state index contributed by atoms with van der Waals surface area (Å²) in [6.07, 6.45) is 9.48. The van der Waals surface area contributed by atoms with Crippen LogP contribution in [-0.4, -0.2) is 17.2 Å². The predicted molar refractivity (Wildman–Crippen MR) is 98.5 cm³/mol. The number of aromatic amines is 1. The molecular weight excluding hydrogens is 301 g/mol. The first-order chi connectivity index (χ1) is 11.6. The van der Waals surface area contributed by atoms with Crippen LogP contribution in [0.15, 0.2) is 30.5 Å². The lowest BCUT2D eigenvalue weighted by Crippen LogP contribution is -2.41. The van der Waals surface area contributed by atoms with Crippen molar-refractivity contribution in [1.82, 2.24) is 4.98 Å². The van der Waals surface area contributed by atoms with Crippen molar-refractivity contribution < 1.29 is 9.13 Å². The van der Waals surface area contributed by atoms with Gasteiger partial charge in [-0.15, -0.1) is 0 Å². The zero-order valence-electron chi connectivity index (χ0n) is 15.0. The van der Waals surface area contributed by atoms with Gasteiger partial charge in [-0.25, -0.2) is 4.39 Å². The van der Waals surface area contributed by atoms with Gasteiger partial charge in [-0.2, -0.15) is 0 Å². The molecule has 3 rings (SSSR count). The van der Waals surface area contributed by atoms with Crippen molar-refractivity contribution in [3.8, 4) is 0 Å². The highest BCUT2D eigenvalue weighted by Gasteiger charge is 2.37. The van der Waals surface area contributed by atoms with E-state index in [1.54, 1.807) is 6.07 Å². The molecule has 1 heterocycles. The number of ether oxygens (including phenoxy) is 1. The summed E-state index contributed by atoms with van der Waals surface area (Å²) in [7, 11) is 0. The van der Waals surface area contributed by atoms with Gasteiger partial charge in [0.1, 0.15) is 5.82 Å². The van der Waals surface area contributed by atoms with Gasteiger partial charge in [0.15, 0.2) is 0 Å². The van der Waals surface area contributed by atoms with E-state index in [2.05, 4.69) is 31.8 Å². The molecule has 24 heavy (non-hydrogen) atoms. The Morgan fingerprint density at radius 1 is 1.33 bits per heavy atom. The topological polar surface area (TPSA) is 25.0 Å². The van der Waals surface area contributed by atoms with E-state index in [1.807, 2.05) is 12.3 Å². The highest BCUT2D eigenvalue weighted by molar-refractivity contribution is 5.92. The number of rotatable bonds is 6. The van der Waals surface area contributed by atoms with E-state index >= 15 is 0 Å².